The highest BCUT2D eigenvalue weighted by Crippen LogP contribution is 2.44. The lowest BCUT2D eigenvalue weighted by Crippen LogP contribution is -2.36. The largest absolute Gasteiger partial charge is 0.449 e. The van der Waals surface area contributed by atoms with E-state index in [9.17, 15) is 19.4 Å². The van der Waals surface area contributed by atoms with Crippen molar-refractivity contribution >= 4 is 11.8 Å². The van der Waals surface area contributed by atoms with Gasteiger partial charge in [-0.2, -0.15) is 0 Å². The van der Waals surface area contributed by atoms with E-state index in [1.54, 1.807) is 0 Å². The Morgan fingerprint density at radius 2 is 1.65 bits per heavy atom. The first-order valence-electron chi connectivity index (χ1n) is 9.95. The standard InChI is InChI=1S/C24H23FN2O4/c25-15-9-14(10-16(26)11-15)23(29)22(28)12-27-24(30)31-13-21-19-7-3-1-5-17(19)18-6-2-4-8-20(18)21/h1-11,21-23,28-29H,12-13,26H2,(H,27,30). The second-order valence-corrected chi connectivity index (χ2v) is 7.54. The molecule has 0 heterocycles. The van der Waals surface area contributed by atoms with E-state index in [1.165, 1.54) is 6.07 Å². The maximum Gasteiger partial charge on any atom is 0.407 e. The van der Waals surface area contributed by atoms with E-state index in [0.29, 0.717) is 0 Å². The molecule has 0 aromatic heterocycles. The zero-order valence-corrected chi connectivity index (χ0v) is 16.7. The maximum absolute atomic E-state index is 13.5. The molecule has 31 heavy (non-hydrogen) atoms. The van der Waals surface area contributed by atoms with E-state index in [-0.39, 0.29) is 30.3 Å². The van der Waals surface area contributed by atoms with Gasteiger partial charge in [0.2, 0.25) is 0 Å². The molecule has 0 saturated carbocycles. The predicted molar refractivity (Wildman–Crippen MR) is 115 cm³/mol. The van der Waals surface area contributed by atoms with E-state index >= 15 is 0 Å². The molecule has 0 aliphatic heterocycles. The Morgan fingerprint density at radius 3 is 2.26 bits per heavy atom. The fourth-order valence-electron chi connectivity index (χ4n) is 3.98. The summed E-state index contributed by atoms with van der Waals surface area (Å²) in [5, 5.41) is 22.8. The highest BCUT2D eigenvalue weighted by atomic mass is 19.1. The molecule has 0 fully saturated rings. The Balaban J connectivity index is 1.35. The number of hydrogen-bond acceptors (Lipinski definition) is 5. The average molecular weight is 422 g/mol. The van der Waals surface area contributed by atoms with Crippen molar-refractivity contribution in [1.82, 2.24) is 5.32 Å². The third-order valence-corrected chi connectivity index (χ3v) is 5.45. The van der Waals surface area contributed by atoms with Gasteiger partial charge in [-0.15, -0.1) is 0 Å². The third-order valence-electron chi connectivity index (χ3n) is 5.45. The number of alkyl carbamates (subject to hydrolysis) is 1. The summed E-state index contributed by atoms with van der Waals surface area (Å²) in [7, 11) is 0. The van der Waals surface area contributed by atoms with Crippen LogP contribution in [0.3, 0.4) is 0 Å². The van der Waals surface area contributed by atoms with Gasteiger partial charge in [-0.3, -0.25) is 0 Å². The molecule has 0 bridgehead atoms. The van der Waals surface area contributed by atoms with Crippen molar-refractivity contribution in [2.24, 2.45) is 0 Å². The average Bonchev–Trinajstić information content (AvgIpc) is 3.08. The number of carbonyl (C=O) groups is 1. The van der Waals surface area contributed by atoms with Gasteiger partial charge in [0, 0.05) is 18.2 Å². The highest BCUT2D eigenvalue weighted by Gasteiger charge is 2.29. The van der Waals surface area contributed by atoms with E-state index in [4.69, 9.17) is 10.5 Å². The molecule has 1 aliphatic rings. The lowest BCUT2D eigenvalue weighted by molar-refractivity contribution is 0.0184. The molecule has 5 N–H and O–H groups in total. The number of rotatable bonds is 6. The van der Waals surface area contributed by atoms with Crippen LogP contribution in [0.15, 0.2) is 66.7 Å². The number of nitrogens with one attached hydrogen (secondary N) is 1. The number of ether oxygens (including phenoxy) is 1. The van der Waals surface area contributed by atoms with Crippen molar-refractivity contribution in [2.45, 2.75) is 18.1 Å². The SMILES string of the molecule is Nc1cc(F)cc(C(O)C(O)CNC(=O)OCC2c3ccccc3-c3ccccc32)c1. The summed E-state index contributed by atoms with van der Waals surface area (Å²) in [5.41, 5.74) is 10.3. The fraction of sp³-hybridized carbons (Fsp3) is 0.208. The normalized spacial score (nSPS) is 14.4. The third kappa shape index (κ3) is 4.38. The van der Waals surface area contributed by atoms with Crippen LogP contribution in [-0.2, 0) is 4.74 Å². The first-order chi connectivity index (χ1) is 14.9. The quantitative estimate of drug-likeness (QED) is 0.456. The monoisotopic (exact) mass is 422 g/mol. The number of hydrogen-bond donors (Lipinski definition) is 4. The van der Waals surface area contributed by atoms with Gasteiger partial charge in [0.15, 0.2) is 0 Å². The number of fused-ring (bicyclic) bond motifs is 3. The summed E-state index contributed by atoms with van der Waals surface area (Å²) in [5.74, 6) is -0.699. The lowest BCUT2D eigenvalue weighted by Gasteiger charge is -2.19. The minimum Gasteiger partial charge on any atom is -0.449 e. The molecule has 7 heteroatoms. The minimum atomic E-state index is -1.41. The molecule has 6 nitrogen and oxygen atoms in total. The van der Waals surface area contributed by atoms with Gasteiger partial charge in [0.25, 0.3) is 0 Å². The van der Waals surface area contributed by atoms with E-state index in [2.05, 4.69) is 5.32 Å². The van der Waals surface area contributed by atoms with Crippen LogP contribution < -0.4 is 11.1 Å². The summed E-state index contributed by atoms with van der Waals surface area (Å²) >= 11 is 0. The van der Waals surface area contributed by atoms with Crippen molar-refractivity contribution in [3.05, 3.63) is 89.2 Å². The number of anilines is 1. The Hall–Kier alpha value is -3.42. The number of nitrogen functional groups attached to an aromatic ring is 1. The Labute approximate surface area is 179 Å². The molecule has 0 radical (unpaired) electrons. The van der Waals surface area contributed by atoms with Crippen LogP contribution in [0.4, 0.5) is 14.9 Å². The molecule has 3 aromatic carbocycles. The Kier molecular flexibility index (Phi) is 5.88. The van der Waals surface area contributed by atoms with Crippen LogP contribution in [0.2, 0.25) is 0 Å². The number of nitrogens with two attached hydrogens (primary N) is 1. The predicted octanol–water partition coefficient (Wildman–Crippen LogP) is 3.34. The van der Waals surface area contributed by atoms with Crippen LogP contribution in [0.5, 0.6) is 0 Å². The Bertz CT molecular complexity index is 1040. The summed E-state index contributed by atoms with van der Waals surface area (Å²) in [6.45, 7) is -0.132. The van der Waals surface area contributed by atoms with Gasteiger partial charge < -0.3 is 26.0 Å². The zero-order chi connectivity index (χ0) is 22.0. The molecule has 4 rings (SSSR count). The number of aliphatic hydroxyl groups is 2. The summed E-state index contributed by atoms with van der Waals surface area (Å²) in [6.07, 6.45) is -3.49. The van der Waals surface area contributed by atoms with Gasteiger partial charge in [-0.05, 0) is 46.0 Å². The van der Waals surface area contributed by atoms with E-state index in [0.717, 1.165) is 34.4 Å². The molecule has 0 spiro atoms. The van der Waals surface area contributed by atoms with Crippen molar-refractivity contribution in [3.8, 4) is 11.1 Å². The van der Waals surface area contributed by atoms with Crippen molar-refractivity contribution in [3.63, 3.8) is 0 Å². The first kappa shape index (κ1) is 20.8. The molecule has 2 atom stereocenters. The lowest BCUT2D eigenvalue weighted by atomic mass is 9.98. The van der Waals surface area contributed by atoms with Crippen LogP contribution in [0, 0.1) is 5.82 Å². The van der Waals surface area contributed by atoms with Crippen LogP contribution >= 0.6 is 0 Å². The van der Waals surface area contributed by atoms with E-state index < -0.39 is 24.1 Å². The Morgan fingerprint density at radius 1 is 1.03 bits per heavy atom. The summed E-state index contributed by atoms with van der Waals surface area (Å²) in [4.78, 5) is 12.2. The van der Waals surface area contributed by atoms with Gasteiger partial charge >= 0.3 is 6.09 Å². The van der Waals surface area contributed by atoms with Gasteiger partial charge in [-0.25, -0.2) is 9.18 Å². The van der Waals surface area contributed by atoms with Crippen molar-refractivity contribution in [1.29, 1.82) is 0 Å². The highest BCUT2D eigenvalue weighted by molar-refractivity contribution is 5.79. The molecule has 3 aromatic rings. The fourth-order valence-corrected chi connectivity index (χ4v) is 3.98. The topological polar surface area (TPSA) is 105 Å². The molecule has 0 saturated heterocycles. The second kappa shape index (κ2) is 8.75. The van der Waals surface area contributed by atoms with Crippen LogP contribution in [0.25, 0.3) is 11.1 Å². The van der Waals surface area contributed by atoms with Gasteiger partial charge in [0.05, 0.1) is 0 Å². The maximum atomic E-state index is 13.5. The van der Waals surface area contributed by atoms with Crippen molar-refractivity contribution in [2.75, 3.05) is 18.9 Å². The molecular formula is C24H23FN2O4. The number of aliphatic hydroxyl groups excluding tert-OH is 2. The molecular weight excluding hydrogens is 399 g/mol. The molecule has 160 valence electrons. The van der Waals surface area contributed by atoms with Gasteiger partial charge in [0.1, 0.15) is 24.6 Å². The minimum absolute atomic E-state index is 0.0797. The van der Waals surface area contributed by atoms with Crippen LogP contribution in [0.1, 0.15) is 28.7 Å². The molecule has 1 aliphatic carbocycles. The summed E-state index contributed by atoms with van der Waals surface area (Å²) in [6, 6.07) is 19.5. The molecule has 2 unspecified atom stereocenters. The van der Waals surface area contributed by atoms with E-state index in [1.807, 2.05) is 48.5 Å². The number of benzene rings is 3. The smallest absolute Gasteiger partial charge is 0.407 e. The zero-order valence-electron chi connectivity index (χ0n) is 16.7. The van der Waals surface area contributed by atoms with Crippen molar-refractivity contribution < 1.29 is 24.1 Å². The second-order valence-electron chi connectivity index (χ2n) is 7.54. The molecule has 1 amide bonds. The van der Waals surface area contributed by atoms with Crippen LogP contribution in [-0.4, -0.2) is 35.6 Å². The summed E-state index contributed by atoms with van der Waals surface area (Å²) < 4.78 is 18.9. The number of amides is 1. The number of carbonyl (C=O) groups excluding carboxylic acids is 1. The first-order valence-corrected chi connectivity index (χ1v) is 9.95. The van der Waals surface area contributed by atoms with Gasteiger partial charge in [-0.1, -0.05) is 48.5 Å². The number of halogens is 1.